The van der Waals surface area contributed by atoms with Crippen molar-refractivity contribution in [3.8, 4) is 0 Å². The highest BCUT2D eigenvalue weighted by atomic mass is 32.2. The van der Waals surface area contributed by atoms with Crippen LogP contribution in [0, 0.1) is 13.8 Å². The molecule has 0 saturated carbocycles. The van der Waals surface area contributed by atoms with Crippen LogP contribution in [0.15, 0.2) is 35.6 Å². The molecule has 4 nitrogen and oxygen atoms in total. The van der Waals surface area contributed by atoms with Crippen LogP contribution in [0.4, 0.5) is 5.69 Å². The number of hydrogen-bond donors (Lipinski definition) is 1. The molecular weight excluding hydrogens is 328 g/mol. The second-order valence-corrected chi connectivity index (χ2v) is 7.72. The first-order chi connectivity index (χ1) is 12.2. The molecule has 0 amide bonds. The van der Waals surface area contributed by atoms with E-state index in [9.17, 15) is 0 Å². The van der Waals surface area contributed by atoms with E-state index in [4.69, 9.17) is 4.98 Å². The Morgan fingerprint density at radius 1 is 1.12 bits per heavy atom. The number of anilines is 1. The molecule has 0 spiro atoms. The van der Waals surface area contributed by atoms with E-state index >= 15 is 0 Å². The smallest absolute Gasteiger partial charge is 0.166 e. The Morgan fingerprint density at radius 2 is 1.92 bits per heavy atom. The lowest BCUT2D eigenvalue weighted by Gasteiger charge is -2.32. The molecule has 1 fully saturated rings. The van der Waals surface area contributed by atoms with Crippen molar-refractivity contribution in [2.75, 3.05) is 18.0 Å². The van der Waals surface area contributed by atoms with Gasteiger partial charge < -0.3 is 9.88 Å². The Bertz CT molecular complexity index is 848. The molecule has 25 heavy (non-hydrogen) atoms. The number of rotatable bonds is 4. The minimum Gasteiger partial charge on any atom is -0.371 e. The fraction of sp³-hybridized carbons (Fsp3) is 0.400. The topological polar surface area (TPSA) is 44.8 Å². The normalized spacial score (nSPS) is 15.0. The minimum atomic E-state index is 0.840. The average molecular weight is 353 g/mol. The van der Waals surface area contributed by atoms with Crippen molar-refractivity contribution in [2.45, 2.75) is 44.0 Å². The summed E-state index contributed by atoms with van der Waals surface area (Å²) in [5.41, 5.74) is 7.29. The van der Waals surface area contributed by atoms with E-state index in [1.54, 1.807) is 11.8 Å². The van der Waals surface area contributed by atoms with Crippen molar-refractivity contribution in [3.05, 3.63) is 47.3 Å². The zero-order valence-corrected chi connectivity index (χ0v) is 15.7. The number of hydrogen-bond acceptors (Lipinski definition) is 4. The highest BCUT2D eigenvalue weighted by molar-refractivity contribution is 7.98. The number of aryl methyl sites for hydroxylation is 1. The number of nitrogens with zero attached hydrogens (tertiary/aromatic N) is 3. The van der Waals surface area contributed by atoms with Crippen LogP contribution in [-0.2, 0) is 5.75 Å². The molecule has 5 heteroatoms. The van der Waals surface area contributed by atoms with Crippen LogP contribution in [0.3, 0.4) is 0 Å². The van der Waals surface area contributed by atoms with Crippen molar-refractivity contribution in [2.24, 2.45) is 0 Å². The van der Waals surface area contributed by atoms with Crippen LogP contribution < -0.4 is 4.90 Å². The Hall–Kier alpha value is -2.01. The number of aromatic amines is 1. The fourth-order valence-corrected chi connectivity index (χ4v) is 4.56. The number of pyridine rings is 1. The van der Waals surface area contributed by atoms with Gasteiger partial charge in [-0.1, -0.05) is 23.9 Å². The van der Waals surface area contributed by atoms with Crippen LogP contribution >= 0.6 is 11.8 Å². The predicted octanol–water partition coefficient (Wildman–Crippen LogP) is 4.86. The number of H-pyrrole nitrogens is 1. The van der Waals surface area contributed by atoms with Gasteiger partial charge >= 0.3 is 0 Å². The van der Waals surface area contributed by atoms with E-state index in [0.717, 1.165) is 27.6 Å². The molecule has 2 aromatic heterocycles. The Morgan fingerprint density at radius 3 is 2.72 bits per heavy atom. The van der Waals surface area contributed by atoms with Gasteiger partial charge in [0, 0.05) is 30.7 Å². The van der Waals surface area contributed by atoms with E-state index < -0.39 is 0 Å². The number of nitrogens with one attached hydrogen (secondary N) is 1. The van der Waals surface area contributed by atoms with Crippen molar-refractivity contribution >= 4 is 28.5 Å². The van der Waals surface area contributed by atoms with E-state index in [-0.39, 0.29) is 0 Å². The minimum absolute atomic E-state index is 0.840. The second-order valence-electron chi connectivity index (χ2n) is 6.76. The number of thioether (sulfide) groups is 1. The molecule has 1 aliphatic rings. The van der Waals surface area contributed by atoms with Crippen LogP contribution in [0.2, 0.25) is 0 Å². The van der Waals surface area contributed by atoms with Gasteiger partial charge in [0.05, 0.1) is 16.7 Å². The van der Waals surface area contributed by atoms with Gasteiger partial charge in [-0.2, -0.15) is 0 Å². The summed E-state index contributed by atoms with van der Waals surface area (Å²) in [4.78, 5) is 15.3. The monoisotopic (exact) mass is 352 g/mol. The Balaban J connectivity index is 1.55. The summed E-state index contributed by atoms with van der Waals surface area (Å²) in [5, 5.41) is 0.961. The molecular formula is C20H24N4S. The quantitative estimate of drug-likeness (QED) is 0.681. The fourth-order valence-electron chi connectivity index (χ4n) is 3.65. The zero-order valence-electron chi connectivity index (χ0n) is 14.9. The molecule has 1 aliphatic heterocycles. The molecule has 3 heterocycles. The maximum atomic E-state index is 4.71. The molecule has 1 saturated heterocycles. The van der Waals surface area contributed by atoms with Crippen molar-refractivity contribution in [1.29, 1.82) is 0 Å². The third kappa shape index (κ3) is 3.38. The number of aromatic nitrogens is 3. The summed E-state index contributed by atoms with van der Waals surface area (Å²) in [5.74, 6) is 0.840. The largest absolute Gasteiger partial charge is 0.371 e. The molecule has 0 bridgehead atoms. The number of piperidine rings is 1. The third-order valence-electron chi connectivity index (χ3n) is 4.96. The lowest BCUT2D eigenvalue weighted by Crippen LogP contribution is -2.31. The highest BCUT2D eigenvalue weighted by Crippen LogP contribution is 2.31. The number of benzene rings is 1. The molecule has 1 aromatic carbocycles. The molecule has 0 radical (unpaired) electrons. The van der Waals surface area contributed by atoms with E-state index in [0.29, 0.717) is 0 Å². The van der Waals surface area contributed by atoms with Crippen LogP contribution in [0.5, 0.6) is 0 Å². The van der Waals surface area contributed by atoms with E-state index in [2.05, 4.69) is 34.8 Å². The van der Waals surface area contributed by atoms with Crippen molar-refractivity contribution in [1.82, 2.24) is 15.0 Å². The summed E-state index contributed by atoms with van der Waals surface area (Å²) in [6.07, 6.45) is 5.98. The third-order valence-corrected chi connectivity index (χ3v) is 5.85. The van der Waals surface area contributed by atoms with Gasteiger partial charge in [0.25, 0.3) is 0 Å². The molecule has 130 valence electrons. The van der Waals surface area contributed by atoms with Gasteiger partial charge in [-0.05, 0) is 56.4 Å². The van der Waals surface area contributed by atoms with Gasteiger partial charge in [-0.25, -0.2) is 4.98 Å². The summed E-state index contributed by atoms with van der Waals surface area (Å²) in [7, 11) is 0. The maximum absolute atomic E-state index is 4.71. The zero-order chi connectivity index (χ0) is 17.2. The summed E-state index contributed by atoms with van der Waals surface area (Å²) in [6, 6.07) is 8.16. The highest BCUT2D eigenvalue weighted by Gasteiger charge is 2.18. The molecule has 1 N–H and O–H groups in total. The maximum Gasteiger partial charge on any atom is 0.166 e. The van der Waals surface area contributed by atoms with Crippen LogP contribution in [-0.4, -0.2) is 28.0 Å². The van der Waals surface area contributed by atoms with E-state index in [1.165, 1.54) is 49.2 Å². The first-order valence-electron chi connectivity index (χ1n) is 9.00. The molecule has 3 aromatic rings. The summed E-state index contributed by atoms with van der Waals surface area (Å²) >= 11 is 1.73. The van der Waals surface area contributed by atoms with E-state index in [1.807, 2.05) is 24.4 Å². The molecule has 0 unspecified atom stereocenters. The SMILES string of the molecule is Cc1cnc(CSc2nc3ccccc3[nH]2)c(C)c1N1CCCCC1. The van der Waals surface area contributed by atoms with Crippen molar-refractivity contribution < 1.29 is 0 Å². The molecule has 4 rings (SSSR count). The average Bonchev–Trinajstić information content (AvgIpc) is 3.05. The Kier molecular flexibility index (Phi) is 4.66. The first kappa shape index (κ1) is 16.5. The summed E-state index contributed by atoms with van der Waals surface area (Å²) < 4.78 is 0. The predicted molar refractivity (Wildman–Crippen MR) is 105 cm³/mol. The first-order valence-corrected chi connectivity index (χ1v) is 9.98. The summed E-state index contributed by atoms with van der Waals surface area (Å²) in [6.45, 7) is 6.74. The standard InChI is InChI=1S/C20H24N4S/c1-14-12-21-18(15(2)19(14)24-10-6-3-7-11-24)13-25-20-22-16-8-4-5-9-17(16)23-20/h4-5,8-9,12H,3,6-7,10-11,13H2,1-2H3,(H,22,23). The molecule has 0 aliphatic carbocycles. The van der Waals surface area contributed by atoms with Gasteiger partial charge in [0.1, 0.15) is 0 Å². The Labute approximate surface area is 153 Å². The van der Waals surface area contributed by atoms with Crippen molar-refractivity contribution in [3.63, 3.8) is 0 Å². The van der Waals surface area contributed by atoms with Gasteiger partial charge in [0.15, 0.2) is 5.16 Å². The van der Waals surface area contributed by atoms with Crippen LogP contribution in [0.25, 0.3) is 11.0 Å². The number of para-hydroxylation sites is 2. The van der Waals surface area contributed by atoms with Gasteiger partial charge in [-0.15, -0.1) is 0 Å². The van der Waals surface area contributed by atoms with Gasteiger partial charge in [0.2, 0.25) is 0 Å². The lowest BCUT2D eigenvalue weighted by atomic mass is 10.0. The molecule has 0 atom stereocenters. The number of imidazole rings is 1. The van der Waals surface area contributed by atoms with Crippen LogP contribution in [0.1, 0.15) is 36.1 Å². The van der Waals surface area contributed by atoms with Gasteiger partial charge in [-0.3, -0.25) is 4.98 Å². The number of fused-ring (bicyclic) bond motifs is 1. The lowest BCUT2D eigenvalue weighted by molar-refractivity contribution is 0.575. The second kappa shape index (κ2) is 7.08.